The maximum Gasteiger partial charge on any atom is 0.434 e. The quantitative estimate of drug-likeness (QED) is 0.277. The fourth-order valence-electron chi connectivity index (χ4n) is 4.36. The lowest BCUT2D eigenvalue weighted by molar-refractivity contribution is -0.140. The Morgan fingerprint density at radius 2 is 1.60 bits per heavy atom. The molecule has 35 heavy (non-hydrogen) atoms. The summed E-state index contributed by atoms with van der Waals surface area (Å²) < 4.78 is 47.0. The van der Waals surface area contributed by atoms with Gasteiger partial charge in [-0.25, -0.2) is 4.98 Å². The molecular weight excluding hydrogens is 523 g/mol. The molecule has 10 heteroatoms. The van der Waals surface area contributed by atoms with Crippen LogP contribution in [-0.2, 0) is 13.2 Å². The third-order valence-corrected chi connectivity index (χ3v) is 6.62. The van der Waals surface area contributed by atoms with E-state index in [2.05, 4.69) is 42.0 Å². The summed E-state index contributed by atoms with van der Waals surface area (Å²) in [6.45, 7) is 1.97. The molecular formula is C25H23BrF3N5O. The van der Waals surface area contributed by atoms with Gasteiger partial charge in [0.1, 0.15) is 5.82 Å². The maximum absolute atomic E-state index is 13.0. The van der Waals surface area contributed by atoms with Gasteiger partial charge in [-0.3, -0.25) is 0 Å². The highest BCUT2D eigenvalue weighted by molar-refractivity contribution is 9.10. The first-order chi connectivity index (χ1) is 16.8. The summed E-state index contributed by atoms with van der Waals surface area (Å²) in [5.74, 6) is 1.06. The van der Waals surface area contributed by atoms with E-state index in [1.165, 1.54) is 24.5 Å². The second kappa shape index (κ2) is 9.49. The molecule has 182 valence electrons. The average molecular weight is 546 g/mol. The van der Waals surface area contributed by atoms with Gasteiger partial charge in [-0.1, -0.05) is 58.2 Å². The molecule has 0 bridgehead atoms. The lowest BCUT2D eigenvalue weighted by atomic mass is 10.1. The van der Waals surface area contributed by atoms with Crippen molar-refractivity contribution in [3.8, 4) is 34.2 Å². The number of aryl methyl sites for hydroxylation is 1. The summed E-state index contributed by atoms with van der Waals surface area (Å²) >= 11 is 3.55. The Bertz CT molecular complexity index is 1320. The maximum atomic E-state index is 13.0. The Hall–Kier alpha value is -3.14. The van der Waals surface area contributed by atoms with E-state index >= 15 is 0 Å². The molecule has 0 amide bonds. The number of hydrogen-bond acceptors (Lipinski definition) is 5. The highest BCUT2D eigenvalue weighted by atomic mass is 79.9. The zero-order chi connectivity index (χ0) is 24.6. The number of alkyl halides is 3. The number of aromatic nitrogens is 4. The molecule has 0 saturated carbocycles. The summed E-state index contributed by atoms with van der Waals surface area (Å²) in [7, 11) is 1.54. The average Bonchev–Trinajstić information content (AvgIpc) is 3.39. The number of rotatable bonds is 4. The fourth-order valence-corrected chi connectivity index (χ4v) is 4.72. The monoisotopic (exact) mass is 545 g/mol. The molecule has 3 heterocycles. The zero-order valence-electron chi connectivity index (χ0n) is 19.0. The minimum atomic E-state index is -4.49. The lowest BCUT2D eigenvalue weighted by Crippen LogP contribution is -2.24. The molecule has 6 nitrogen and oxygen atoms in total. The molecule has 1 aliphatic rings. The first-order valence-electron chi connectivity index (χ1n) is 11.4. The molecule has 2 aromatic heterocycles. The summed E-state index contributed by atoms with van der Waals surface area (Å²) in [5, 5.41) is 4.16. The number of imidazole rings is 1. The topological polar surface area (TPSA) is 60.0 Å². The van der Waals surface area contributed by atoms with Crippen LogP contribution in [-0.4, -0.2) is 32.8 Å². The Balaban J connectivity index is 1.43. The van der Waals surface area contributed by atoms with Gasteiger partial charge in [0, 0.05) is 47.6 Å². The molecule has 4 aromatic rings. The standard InChI is InChI=1S/C25H23BrF3N5O/c1-33-15-21(25(27,28)29)30-23(33)17-8-6-16(7-9-17)22-31-24(35-32-22)19-14-18(26)10-11-20(19)34-12-4-2-3-5-13-34/h6-11,14-15H,2-5,12-13H2,1H3. The largest absolute Gasteiger partial charge is 0.434 e. The summed E-state index contributed by atoms with van der Waals surface area (Å²) in [6.07, 6.45) is 1.26. The van der Waals surface area contributed by atoms with Gasteiger partial charge in [0.2, 0.25) is 5.82 Å². The Morgan fingerprint density at radius 1 is 0.914 bits per heavy atom. The number of hydrogen-bond donors (Lipinski definition) is 0. The van der Waals surface area contributed by atoms with Crippen LogP contribution in [0.3, 0.4) is 0 Å². The first kappa shape index (κ1) is 23.6. The number of anilines is 1. The van der Waals surface area contributed by atoms with E-state index in [0.29, 0.717) is 22.8 Å². The predicted octanol–water partition coefficient (Wildman–Crippen LogP) is 6.97. The molecule has 0 aliphatic carbocycles. The first-order valence-corrected chi connectivity index (χ1v) is 12.2. The van der Waals surface area contributed by atoms with Crippen LogP contribution in [0.15, 0.2) is 57.7 Å². The summed E-state index contributed by atoms with van der Waals surface area (Å²) in [5.41, 5.74) is 2.27. The lowest BCUT2D eigenvalue weighted by Gasteiger charge is -2.24. The van der Waals surface area contributed by atoms with Gasteiger partial charge in [-0.15, -0.1) is 0 Å². The minimum absolute atomic E-state index is 0.230. The third kappa shape index (κ3) is 4.98. The zero-order valence-corrected chi connectivity index (χ0v) is 20.6. The Kier molecular flexibility index (Phi) is 6.39. The SMILES string of the molecule is Cn1cc(C(F)(F)F)nc1-c1ccc(-c2noc(-c3cc(Br)ccc3N3CCCCCC3)n2)cc1. The van der Waals surface area contributed by atoms with Crippen molar-refractivity contribution in [1.29, 1.82) is 0 Å². The summed E-state index contributed by atoms with van der Waals surface area (Å²) in [4.78, 5) is 10.7. The van der Waals surface area contributed by atoms with Crippen molar-refractivity contribution < 1.29 is 17.7 Å². The van der Waals surface area contributed by atoms with E-state index in [1.807, 2.05) is 12.1 Å². The number of benzene rings is 2. The van der Waals surface area contributed by atoms with Crippen LogP contribution in [0.1, 0.15) is 31.4 Å². The molecule has 0 N–H and O–H groups in total. The molecule has 0 radical (unpaired) electrons. The molecule has 1 aliphatic heterocycles. The van der Waals surface area contributed by atoms with Crippen molar-refractivity contribution in [2.45, 2.75) is 31.9 Å². The highest BCUT2D eigenvalue weighted by Crippen LogP contribution is 2.35. The molecule has 0 spiro atoms. The second-order valence-corrected chi connectivity index (χ2v) is 9.54. The molecule has 0 atom stereocenters. The van der Waals surface area contributed by atoms with E-state index in [-0.39, 0.29) is 5.82 Å². The van der Waals surface area contributed by atoms with Gasteiger partial charge in [-0.05, 0) is 31.0 Å². The normalized spacial score (nSPS) is 14.8. The predicted molar refractivity (Wildman–Crippen MR) is 131 cm³/mol. The van der Waals surface area contributed by atoms with Crippen molar-refractivity contribution in [1.82, 2.24) is 19.7 Å². The van der Waals surface area contributed by atoms with Crippen LogP contribution >= 0.6 is 15.9 Å². The smallest absolute Gasteiger partial charge is 0.371 e. The van der Waals surface area contributed by atoms with E-state index in [0.717, 1.165) is 47.9 Å². The van der Waals surface area contributed by atoms with E-state index in [9.17, 15) is 13.2 Å². The van der Waals surface area contributed by atoms with Gasteiger partial charge in [0.25, 0.3) is 5.89 Å². The van der Waals surface area contributed by atoms with Crippen LogP contribution in [0.5, 0.6) is 0 Å². The molecule has 5 rings (SSSR count). The Labute approximate surface area is 208 Å². The minimum Gasteiger partial charge on any atom is -0.371 e. The van der Waals surface area contributed by atoms with Crippen LogP contribution in [0.25, 0.3) is 34.2 Å². The molecule has 1 fully saturated rings. The van der Waals surface area contributed by atoms with E-state index < -0.39 is 11.9 Å². The van der Waals surface area contributed by atoms with Crippen LogP contribution in [0.4, 0.5) is 18.9 Å². The Morgan fingerprint density at radius 3 is 2.26 bits per heavy atom. The van der Waals surface area contributed by atoms with Crippen molar-refractivity contribution in [3.05, 3.63) is 58.8 Å². The van der Waals surface area contributed by atoms with Gasteiger partial charge in [0.05, 0.1) is 5.56 Å². The molecule has 1 saturated heterocycles. The van der Waals surface area contributed by atoms with Crippen LogP contribution < -0.4 is 4.90 Å². The van der Waals surface area contributed by atoms with Crippen molar-refractivity contribution in [2.24, 2.45) is 7.05 Å². The second-order valence-electron chi connectivity index (χ2n) is 8.62. The van der Waals surface area contributed by atoms with Gasteiger partial charge in [-0.2, -0.15) is 18.2 Å². The van der Waals surface area contributed by atoms with E-state index in [4.69, 9.17) is 4.52 Å². The molecule has 0 unspecified atom stereocenters. The van der Waals surface area contributed by atoms with Crippen molar-refractivity contribution in [2.75, 3.05) is 18.0 Å². The van der Waals surface area contributed by atoms with Gasteiger partial charge < -0.3 is 14.0 Å². The van der Waals surface area contributed by atoms with Gasteiger partial charge in [0.15, 0.2) is 5.69 Å². The molecule has 2 aromatic carbocycles. The third-order valence-electron chi connectivity index (χ3n) is 6.13. The van der Waals surface area contributed by atoms with Crippen LogP contribution in [0.2, 0.25) is 0 Å². The number of nitrogens with zero attached hydrogens (tertiary/aromatic N) is 5. The fraction of sp³-hybridized carbons (Fsp3) is 0.320. The summed E-state index contributed by atoms with van der Waals surface area (Å²) in [6, 6.07) is 13.0. The van der Waals surface area contributed by atoms with E-state index in [1.54, 1.807) is 24.3 Å². The van der Waals surface area contributed by atoms with Crippen molar-refractivity contribution >= 4 is 21.6 Å². The highest BCUT2D eigenvalue weighted by Gasteiger charge is 2.34. The number of halogens is 4. The van der Waals surface area contributed by atoms with Gasteiger partial charge >= 0.3 is 6.18 Å². The van der Waals surface area contributed by atoms with Crippen molar-refractivity contribution in [3.63, 3.8) is 0 Å². The van der Waals surface area contributed by atoms with Crippen LogP contribution in [0, 0.1) is 0 Å².